The number of pyridine rings is 1. The second-order valence-electron chi connectivity index (χ2n) is 9.61. The lowest BCUT2D eigenvalue weighted by Gasteiger charge is -2.40. The molecule has 35 heavy (non-hydrogen) atoms. The highest BCUT2D eigenvalue weighted by molar-refractivity contribution is 6.31. The number of amides is 1. The van der Waals surface area contributed by atoms with Crippen LogP contribution in [0.3, 0.4) is 0 Å². The molecule has 0 atom stereocenters. The number of carbonyl (C=O) groups excluding carboxylic acids is 1. The molecule has 192 valence electrons. The summed E-state index contributed by atoms with van der Waals surface area (Å²) in [7, 11) is 6.06. The molecule has 1 aliphatic rings. The third-order valence-corrected chi connectivity index (χ3v) is 7.54. The van der Waals surface area contributed by atoms with Gasteiger partial charge in [-0.1, -0.05) is 18.5 Å². The Kier molecular flexibility index (Phi) is 9.25. The summed E-state index contributed by atoms with van der Waals surface area (Å²) in [4.78, 5) is 33.8. The van der Waals surface area contributed by atoms with Crippen molar-refractivity contribution in [1.82, 2.24) is 15.2 Å². The Labute approximate surface area is 214 Å². The van der Waals surface area contributed by atoms with E-state index in [-0.39, 0.29) is 17.9 Å². The Morgan fingerprint density at radius 2 is 1.77 bits per heavy atom. The van der Waals surface area contributed by atoms with Crippen molar-refractivity contribution in [2.75, 3.05) is 37.9 Å². The summed E-state index contributed by atoms with van der Waals surface area (Å²) in [5.41, 5.74) is 3.72. The topological polar surface area (TPSA) is 80.5 Å². The van der Waals surface area contributed by atoms with Crippen LogP contribution in [0.1, 0.15) is 66.7 Å². The van der Waals surface area contributed by atoms with Gasteiger partial charge < -0.3 is 25.4 Å². The van der Waals surface area contributed by atoms with Crippen molar-refractivity contribution < 1.29 is 4.79 Å². The van der Waals surface area contributed by atoms with Crippen molar-refractivity contribution in [1.29, 1.82) is 0 Å². The molecule has 2 aromatic rings. The summed E-state index contributed by atoms with van der Waals surface area (Å²) >= 11 is 6.52. The molecule has 0 unspecified atom stereocenters. The van der Waals surface area contributed by atoms with Gasteiger partial charge in [0.2, 0.25) is 0 Å². The number of aryl methyl sites for hydroxylation is 1. The molecule has 0 spiro atoms. The predicted molar refractivity (Wildman–Crippen MR) is 146 cm³/mol. The minimum Gasteiger partial charge on any atom is -0.374 e. The zero-order chi connectivity index (χ0) is 25.7. The summed E-state index contributed by atoms with van der Waals surface area (Å²) in [6.45, 7) is 7.10. The van der Waals surface area contributed by atoms with Crippen LogP contribution >= 0.6 is 11.6 Å². The lowest BCUT2D eigenvalue weighted by Crippen LogP contribution is -2.42. The van der Waals surface area contributed by atoms with Crippen LogP contribution < -0.4 is 21.0 Å². The zero-order valence-electron chi connectivity index (χ0n) is 21.9. The first-order valence-corrected chi connectivity index (χ1v) is 13.0. The molecule has 1 heterocycles. The average molecular weight is 502 g/mol. The molecule has 0 saturated heterocycles. The molecule has 1 saturated carbocycles. The van der Waals surface area contributed by atoms with Gasteiger partial charge in [0.1, 0.15) is 5.82 Å². The van der Waals surface area contributed by atoms with Gasteiger partial charge in [-0.15, -0.1) is 0 Å². The number of aromatic nitrogens is 1. The third kappa shape index (κ3) is 6.19. The van der Waals surface area contributed by atoms with E-state index in [4.69, 9.17) is 11.6 Å². The molecule has 1 aliphatic carbocycles. The fourth-order valence-electron chi connectivity index (χ4n) is 5.19. The van der Waals surface area contributed by atoms with Crippen molar-refractivity contribution in [2.24, 2.45) is 0 Å². The average Bonchev–Trinajstić information content (AvgIpc) is 2.85. The van der Waals surface area contributed by atoms with Crippen molar-refractivity contribution in [2.45, 2.75) is 71.5 Å². The van der Waals surface area contributed by atoms with E-state index in [1.54, 1.807) is 19.2 Å². The Hall–Kier alpha value is -2.51. The van der Waals surface area contributed by atoms with Crippen molar-refractivity contribution in [3.63, 3.8) is 0 Å². The van der Waals surface area contributed by atoms with Crippen molar-refractivity contribution in [3.05, 3.63) is 55.8 Å². The molecule has 1 aromatic carbocycles. The van der Waals surface area contributed by atoms with Crippen LogP contribution in [0, 0.1) is 6.92 Å². The maximum absolute atomic E-state index is 13.3. The zero-order valence-corrected chi connectivity index (χ0v) is 22.7. The van der Waals surface area contributed by atoms with Crippen molar-refractivity contribution in [3.8, 4) is 0 Å². The molecule has 0 aliphatic heterocycles. The largest absolute Gasteiger partial charge is 0.374 e. The molecular formula is C27H40ClN5O2. The van der Waals surface area contributed by atoms with Gasteiger partial charge in [0.25, 0.3) is 5.91 Å². The van der Waals surface area contributed by atoms with Gasteiger partial charge in [0.15, 0.2) is 5.43 Å². The minimum atomic E-state index is -0.236. The number of rotatable bonds is 9. The van der Waals surface area contributed by atoms with E-state index in [1.165, 1.54) is 12.8 Å². The number of anilines is 2. The van der Waals surface area contributed by atoms with Crippen LogP contribution in [-0.4, -0.2) is 55.6 Å². The van der Waals surface area contributed by atoms with Crippen LogP contribution in [0.4, 0.5) is 11.5 Å². The number of hydrogen-bond acceptors (Lipinski definition) is 5. The highest BCUT2D eigenvalue weighted by Gasteiger charge is 2.28. The van der Waals surface area contributed by atoms with Crippen molar-refractivity contribution >= 4 is 29.0 Å². The maximum atomic E-state index is 13.3. The number of H-pyrrole nitrogens is 1. The van der Waals surface area contributed by atoms with Crippen LogP contribution in [0.2, 0.25) is 5.02 Å². The quantitative estimate of drug-likeness (QED) is 0.469. The molecular weight excluding hydrogens is 462 g/mol. The molecule has 1 fully saturated rings. The van der Waals surface area contributed by atoms with E-state index in [0.717, 1.165) is 42.8 Å². The first-order valence-electron chi connectivity index (χ1n) is 12.6. The lowest BCUT2D eigenvalue weighted by molar-refractivity contribution is 0.0950. The predicted octanol–water partition coefficient (Wildman–Crippen LogP) is 4.57. The highest BCUT2D eigenvalue weighted by atomic mass is 35.5. The maximum Gasteiger partial charge on any atom is 0.251 e. The number of benzene rings is 1. The number of nitrogens with one attached hydrogen (secondary N) is 3. The number of nitrogens with zero attached hydrogens (tertiary/aromatic N) is 2. The monoisotopic (exact) mass is 501 g/mol. The van der Waals surface area contributed by atoms with E-state index in [1.807, 2.05) is 19.9 Å². The normalized spacial score (nSPS) is 17.9. The lowest BCUT2D eigenvalue weighted by atomic mass is 9.89. The number of carbonyl (C=O) groups is 1. The van der Waals surface area contributed by atoms with Gasteiger partial charge in [-0.25, -0.2) is 0 Å². The third-order valence-electron chi connectivity index (χ3n) is 7.32. The van der Waals surface area contributed by atoms with Gasteiger partial charge in [0.05, 0.1) is 12.1 Å². The standard InChI is InChI=1S/C27H40ClN5O2/c1-7-19-15-25(34)23(26(29-4)31-19)16-30-27(35)22-13-18(28)14-24(17(22)3)33(8-2)21-11-9-20(10-12-21)32(5)6/h13-15,20-21H,7-12,16H2,1-6H3,(H,30,35)(H2,29,31,34). The van der Waals surface area contributed by atoms with Crippen LogP contribution in [0.15, 0.2) is 23.0 Å². The summed E-state index contributed by atoms with van der Waals surface area (Å²) in [5.74, 6) is 0.392. The first-order chi connectivity index (χ1) is 16.7. The Morgan fingerprint density at radius 3 is 2.34 bits per heavy atom. The Balaban J connectivity index is 1.82. The Morgan fingerprint density at radius 1 is 1.11 bits per heavy atom. The van der Waals surface area contributed by atoms with Gasteiger partial charge in [-0.3, -0.25) is 9.59 Å². The van der Waals surface area contributed by atoms with E-state index in [0.29, 0.717) is 34.1 Å². The van der Waals surface area contributed by atoms with E-state index in [9.17, 15) is 9.59 Å². The van der Waals surface area contributed by atoms with Gasteiger partial charge in [-0.05, 0) is 77.7 Å². The first kappa shape index (κ1) is 27.1. The van der Waals surface area contributed by atoms with Crippen LogP contribution in [0.5, 0.6) is 0 Å². The smallest absolute Gasteiger partial charge is 0.251 e. The van der Waals surface area contributed by atoms with Crippen LogP contribution in [0.25, 0.3) is 0 Å². The van der Waals surface area contributed by atoms with Gasteiger partial charge in [0, 0.05) is 53.7 Å². The molecule has 3 N–H and O–H groups in total. The van der Waals surface area contributed by atoms with Gasteiger partial charge >= 0.3 is 0 Å². The number of aromatic amines is 1. The number of hydrogen-bond donors (Lipinski definition) is 3. The van der Waals surface area contributed by atoms with Crippen LogP contribution in [-0.2, 0) is 13.0 Å². The summed E-state index contributed by atoms with van der Waals surface area (Å²) < 4.78 is 0. The molecule has 0 bridgehead atoms. The molecule has 7 nitrogen and oxygen atoms in total. The SMILES string of the molecule is CCc1cc(=O)c(CNC(=O)c2cc(Cl)cc(N(CC)C3CCC(N(C)C)CC3)c2C)c(NC)[nH]1. The van der Waals surface area contributed by atoms with E-state index >= 15 is 0 Å². The molecule has 0 radical (unpaired) electrons. The second-order valence-corrected chi connectivity index (χ2v) is 10.0. The molecule has 1 aromatic heterocycles. The number of halogens is 1. The molecule has 1 amide bonds. The van der Waals surface area contributed by atoms with E-state index in [2.05, 4.69) is 46.4 Å². The second kappa shape index (κ2) is 12.0. The Bertz CT molecular complexity index is 1090. The fourth-order valence-corrected chi connectivity index (χ4v) is 5.41. The summed E-state index contributed by atoms with van der Waals surface area (Å²) in [6, 6.07) is 6.34. The highest BCUT2D eigenvalue weighted by Crippen LogP contribution is 2.34. The minimum absolute atomic E-state index is 0.0979. The summed E-state index contributed by atoms with van der Waals surface area (Å²) in [5, 5.41) is 6.51. The molecule has 8 heteroatoms. The summed E-state index contributed by atoms with van der Waals surface area (Å²) in [6.07, 6.45) is 5.30. The molecule has 3 rings (SSSR count). The van der Waals surface area contributed by atoms with Gasteiger partial charge in [-0.2, -0.15) is 0 Å². The van der Waals surface area contributed by atoms with E-state index < -0.39 is 0 Å². The fraction of sp³-hybridized carbons (Fsp3) is 0.556.